The molecule has 6 nitrogen and oxygen atoms in total. The van der Waals surface area contributed by atoms with Crippen LogP contribution in [-0.4, -0.2) is 40.7 Å². The Kier molecular flexibility index (Phi) is 7.34. The molecule has 2 N–H and O–H groups in total. The lowest BCUT2D eigenvalue weighted by Crippen LogP contribution is -2.41. The molecular formula is C21H26ClIN6. The number of hydrogen-bond acceptors (Lipinski definition) is 3. The zero-order valence-electron chi connectivity index (χ0n) is 16.4. The molecule has 29 heavy (non-hydrogen) atoms. The van der Waals surface area contributed by atoms with Crippen molar-refractivity contribution in [1.82, 2.24) is 25.2 Å². The van der Waals surface area contributed by atoms with Crippen LogP contribution in [0, 0.1) is 0 Å². The molecule has 1 fully saturated rings. The number of fused-ring (bicyclic) bond motifs is 1. The Morgan fingerprint density at radius 3 is 2.79 bits per heavy atom. The third-order valence-electron chi connectivity index (χ3n) is 5.36. The van der Waals surface area contributed by atoms with E-state index in [0.29, 0.717) is 0 Å². The second-order valence-corrected chi connectivity index (χ2v) is 7.73. The Labute approximate surface area is 193 Å². The number of halogens is 2. The zero-order valence-corrected chi connectivity index (χ0v) is 19.5. The van der Waals surface area contributed by atoms with Gasteiger partial charge < -0.3 is 10.6 Å². The van der Waals surface area contributed by atoms with E-state index in [9.17, 15) is 0 Å². The third-order valence-corrected chi connectivity index (χ3v) is 5.60. The Bertz CT molecular complexity index is 982. The average molecular weight is 525 g/mol. The second-order valence-electron chi connectivity index (χ2n) is 7.29. The minimum atomic E-state index is 0. The van der Waals surface area contributed by atoms with Gasteiger partial charge in [0.25, 0.3) is 0 Å². The maximum Gasteiger partial charge on any atom is 0.191 e. The number of aromatic nitrogens is 3. The predicted molar refractivity (Wildman–Crippen MR) is 128 cm³/mol. The first kappa shape index (κ1) is 21.8. The van der Waals surface area contributed by atoms with Crippen LogP contribution >= 0.6 is 35.6 Å². The van der Waals surface area contributed by atoms with Crippen LogP contribution in [0.2, 0.25) is 5.02 Å². The first-order valence-electron chi connectivity index (χ1n) is 9.69. The van der Waals surface area contributed by atoms with Crippen molar-refractivity contribution in [2.75, 3.05) is 20.1 Å². The molecule has 1 aromatic carbocycles. The molecule has 4 rings (SSSR count). The number of benzene rings is 1. The molecule has 0 atom stereocenters. The monoisotopic (exact) mass is 524 g/mol. The quantitative estimate of drug-likeness (QED) is 0.213. The van der Waals surface area contributed by atoms with Crippen molar-refractivity contribution >= 4 is 47.2 Å². The summed E-state index contributed by atoms with van der Waals surface area (Å²) in [7, 11) is 1.81. The van der Waals surface area contributed by atoms with Crippen molar-refractivity contribution < 1.29 is 0 Å². The smallest absolute Gasteiger partial charge is 0.191 e. The molecule has 0 saturated heterocycles. The summed E-state index contributed by atoms with van der Waals surface area (Å²) in [4.78, 5) is 4.35. The van der Waals surface area contributed by atoms with Gasteiger partial charge in [-0.25, -0.2) is 0 Å². The Balaban J connectivity index is 0.00000240. The van der Waals surface area contributed by atoms with Gasteiger partial charge in [0.15, 0.2) is 11.6 Å². The van der Waals surface area contributed by atoms with Gasteiger partial charge >= 0.3 is 0 Å². The Morgan fingerprint density at radius 2 is 2.03 bits per heavy atom. The number of rotatable bonds is 7. The van der Waals surface area contributed by atoms with Crippen molar-refractivity contribution in [2.24, 2.45) is 4.99 Å². The fraction of sp³-hybridized carbons (Fsp3) is 0.381. The Hall–Kier alpha value is -1.87. The van der Waals surface area contributed by atoms with Crippen molar-refractivity contribution in [3.8, 4) is 0 Å². The van der Waals surface area contributed by atoms with E-state index < -0.39 is 0 Å². The number of aryl methyl sites for hydroxylation is 1. The highest BCUT2D eigenvalue weighted by molar-refractivity contribution is 14.0. The fourth-order valence-corrected chi connectivity index (χ4v) is 3.72. The average Bonchev–Trinajstić information content (AvgIpc) is 3.41. The van der Waals surface area contributed by atoms with Gasteiger partial charge in [-0.05, 0) is 49.1 Å². The number of aliphatic imine (C=N–C) groups is 1. The summed E-state index contributed by atoms with van der Waals surface area (Å²) in [5.41, 5.74) is 2.38. The Morgan fingerprint density at radius 1 is 1.17 bits per heavy atom. The van der Waals surface area contributed by atoms with Gasteiger partial charge in [0.05, 0.1) is 0 Å². The molecule has 1 aliphatic rings. The summed E-state index contributed by atoms with van der Waals surface area (Å²) in [5.74, 6) is 1.82. The van der Waals surface area contributed by atoms with Gasteiger partial charge in [-0.2, -0.15) is 0 Å². The standard InChI is InChI=1S/C21H25ClN6.HI/c1-23-20(25-15-21(10-11-21)16-6-4-7-17(22)14-16)24-12-5-9-19-27-26-18-8-2-3-13-28(18)19;/h2-4,6-8,13-14H,5,9-12,15H2,1H3,(H2,23,24,25);1H. The third kappa shape index (κ3) is 5.19. The van der Waals surface area contributed by atoms with Crippen molar-refractivity contribution in [1.29, 1.82) is 0 Å². The minimum absolute atomic E-state index is 0. The van der Waals surface area contributed by atoms with Crippen LogP contribution in [0.1, 0.15) is 30.7 Å². The lowest BCUT2D eigenvalue weighted by atomic mass is 9.96. The van der Waals surface area contributed by atoms with E-state index >= 15 is 0 Å². The summed E-state index contributed by atoms with van der Waals surface area (Å²) in [6.45, 7) is 1.69. The SMILES string of the molecule is CN=C(NCCCc1nnc2ccccn12)NCC1(c2cccc(Cl)c2)CC1.I. The lowest BCUT2D eigenvalue weighted by molar-refractivity contribution is 0.640. The van der Waals surface area contributed by atoms with E-state index in [0.717, 1.165) is 48.4 Å². The molecule has 0 radical (unpaired) electrons. The van der Waals surface area contributed by atoms with Crippen molar-refractivity contribution in [3.63, 3.8) is 0 Å². The number of pyridine rings is 1. The molecule has 0 bridgehead atoms. The number of guanidine groups is 1. The minimum Gasteiger partial charge on any atom is -0.356 e. The predicted octanol–water partition coefficient (Wildman–Crippen LogP) is 3.83. The first-order valence-corrected chi connectivity index (χ1v) is 10.1. The number of hydrogen-bond donors (Lipinski definition) is 2. The van der Waals surface area contributed by atoms with E-state index in [4.69, 9.17) is 11.6 Å². The van der Waals surface area contributed by atoms with Gasteiger partial charge in [0.1, 0.15) is 5.82 Å². The lowest BCUT2D eigenvalue weighted by Gasteiger charge is -2.19. The van der Waals surface area contributed by atoms with E-state index in [2.05, 4.69) is 38.0 Å². The van der Waals surface area contributed by atoms with Crippen molar-refractivity contribution in [2.45, 2.75) is 31.1 Å². The normalized spacial score (nSPS) is 15.0. The summed E-state index contributed by atoms with van der Waals surface area (Å²) >= 11 is 6.16. The van der Waals surface area contributed by atoms with Crippen LogP contribution in [-0.2, 0) is 11.8 Å². The second kappa shape index (κ2) is 9.75. The van der Waals surface area contributed by atoms with E-state index in [1.165, 1.54) is 18.4 Å². The summed E-state index contributed by atoms with van der Waals surface area (Å²) in [6, 6.07) is 14.1. The van der Waals surface area contributed by atoms with E-state index in [1.807, 2.05) is 40.9 Å². The van der Waals surface area contributed by atoms with Gasteiger partial charge in [0, 0.05) is 43.2 Å². The van der Waals surface area contributed by atoms with Crippen LogP contribution in [0.5, 0.6) is 0 Å². The molecule has 3 aromatic rings. The molecule has 1 aliphatic carbocycles. The molecule has 2 aromatic heterocycles. The molecule has 2 heterocycles. The van der Waals surface area contributed by atoms with Crippen LogP contribution in [0.3, 0.4) is 0 Å². The molecule has 1 saturated carbocycles. The molecule has 0 aliphatic heterocycles. The molecular weight excluding hydrogens is 499 g/mol. The summed E-state index contributed by atoms with van der Waals surface area (Å²) in [5, 5.41) is 16.1. The summed E-state index contributed by atoms with van der Waals surface area (Å²) in [6.07, 6.45) is 6.18. The largest absolute Gasteiger partial charge is 0.356 e. The highest BCUT2D eigenvalue weighted by Gasteiger charge is 2.44. The maximum absolute atomic E-state index is 6.16. The van der Waals surface area contributed by atoms with Crippen LogP contribution in [0.25, 0.3) is 5.65 Å². The van der Waals surface area contributed by atoms with Gasteiger partial charge in [0.2, 0.25) is 0 Å². The van der Waals surface area contributed by atoms with Crippen LogP contribution in [0.4, 0.5) is 0 Å². The van der Waals surface area contributed by atoms with Gasteiger partial charge in [-0.1, -0.05) is 29.8 Å². The highest BCUT2D eigenvalue weighted by Crippen LogP contribution is 2.48. The molecule has 0 unspecified atom stereocenters. The molecule has 8 heteroatoms. The highest BCUT2D eigenvalue weighted by atomic mass is 127. The topological polar surface area (TPSA) is 66.6 Å². The molecule has 0 spiro atoms. The summed E-state index contributed by atoms with van der Waals surface area (Å²) < 4.78 is 2.04. The van der Waals surface area contributed by atoms with Gasteiger partial charge in [-0.3, -0.25) is 9.39 Å². The zero-order chi connectivity index (χ0) is 19.4. The van der Waals surface area contributed by atoms with E-state index in [1.54, 1.807) is 7.05 Å². The fourth-order valence-electron chi connectivity index (χ4n) is 3.52. The molecule has 0 amide bonds. The van der Waals surface area contributed by atoms with Crippen LogP contribution < -0.4 is 10.6 Å². The molecule has 154 valence electrons. The van der Waals surface area contributed by atoms with Crippen molar-refractivity contribution in [3.05, 3.63) is 65.1 Å². The van der Waals surface area contributed by atoms with Gasteiger partial charge in [-0.15, -0.1) is 34.2 Å². The number of nitrogens with one attached hydrogen (secondary N) is 2. The maximum atomic E-state index is 6.16. The first-order chi connectivity index (χ1) is 13.7. The van der Waals surface area contributed by atoms with E-state index in [-0.39, 0.29) is 29.4 Å². The van der Waals surface area contributed by atoms with Crippen LogP contribution in [0.15, 0.2) is 53.7 Å². The number of nitrogens with zero attached hydrogens (tertiary/aromatic N) is 4.